The summed E-state index contributed by atoms with van der Waals surface area (Å²) in [7, 11) is 1.24. The number of carbonyl (C=O) groups is 3. The van der Waals surface area contributed by atoms with Gasteiger partial charge >= 0.3 is 18.2 Å². The summed E-state index contributed by atoms with van der Waals surface area (Å²) >= 11 is 0.921. The van der Waals surface area contributed by atoms with Gasteiger partial charge in [-0.15, -0.1) is 11.3 Å². The molecule has 1 heterocycles. The number of hydrogen-bond donors (Lipinski definition) is 2. The molecule has 1 aromatic rings. The zero-order valence-electron chi connectivity index (χ0n) is 12.9. The van der Waals surface area contributed by atoms with Crippen LogP contribution in [0.2, 0.25) is 0 Å². The lowest BCUT2D eigenvalue weighted by atomic mass is 10.2. The molecular formula is C13H18N2O6S. The Bertz CT molecular complexity index is 590. The van der Waals surface area contributed by atoms with E-state index in [-0.39, 0.29) is 9.88 Å². The van der Waals surface area contributed by atoms with Crippen LogP contribution in [0.3, 0.4) is 0 Å². The van der Waals surface area contributed by atoms with Crippen molar-refractivity contribution in [2.75, 3.05) is 12.1 Å². The Morgan fingerprint density at radius 1 is 1.32 bits per heavy atom. The van der Waals surface area contributed by atoms with Crippen molar-refractivity contribution < 1.29 is 29.0 Å². The summed E-state index contributed by atoms with van der Waals surface area (Å²) in [5.41, 5.74) is 1.71. The van der Waals surface area contributed by atoms with Gasteiger partial charge in [0, 0.05) is 0 Å². The maximum Gasteiger partial charge on any atom is 0.434 e. The molecular weight excluding hydrogens is 312 g/mol. The van der Waals surface area contributed by atoms with Gasteiger partial charge in [0.2, 0.25) is 0 Å². The Hall–Kier alpha value is -2.29. The first kappa shape index (κ1) is 17.8. The Kier molecular flexibility index (Phi) is 5.37. The number of carbonyl (C=O) groups excluding carboxylic acids is 2. The van der Waals surface area contributed by atoms with E-state index in [4.69, 9.17) is 9.84 Å². The molecule has 0 unspecified atom stereocenters. The number of nitrogens with zero attached hydrogens (tertiary/aromatic N) is 1. The van der Waals surface area contributed by atoms with E-state index in [1.165, 1.54) is 13.2 Å². The van der Waals surface area contributed by atoms with E-state index in [2.05, 4.69) is 4.74 Å². The normalized spacial score (nSPS) is 10.8. The summed E-state index contributed by atoms with van der Waals surface area (Å²) in [6, 6.07) is 1.50. The Labute approximate surface area is 131 Å². The summed E-state index contributed by atoms with van der Waals surface area (Å²) in [6.45, 7) is 6.62. The van der Waals surface area contributed by atoms with E-state index in [0.717, 1.165) is 16.3 Å². The highest BCUT2D eigenvalue weighted by Crippen LogP contribution is 2.30. The minimum atomic E-state index is -1.43. The second-order valence-electron chi connectivity index (χ2n) is 5.32. The fraction of sp³-hybridized carbons (Fsp3) is 0.462. The highest BCUT2D eigenvalue weighted by Gasteiger charge is 2.28. The van der Waals surface area contributed by atoms with Gasteiger partial charge in [-0.2, -0.15) is 5.01 Å². The van der Waals surface area contributed by atoms with Gasteiger partial charge in [-0.05, 0) is 39.3 Å². The summed E-state index contributed by atoms with van der Waals surface area (Å²) in [5, 5.41) is 9.81. The van der Waals surface area contributed by atoms with Crippen molar-refractivity contribution in [1.82, 2.24) is 5.43 Å². The summed E-state index contributed by atoms with van der Waals surface area (Å²) in [6.07, 6.45) is -2.33. The van der Waals surface area contributed by atoms with Crippen molar-refractivity contribution in [1.29, 1.82) is 0 Å². The molecule has 0 saturated heterocycles. The molecule has 0 atom stereocenters. The van der Waals surface area contributed by atoms with Crippen LogP contribution in [0.15, 0.2) is 6.07 Å². The lowest BCUT2D eigenvalue weighted by molar-refractivity contribution is 0.0558. The molecule has 1 aromatic heterocycles. The molecule has 0 aliphatic rings. The molecule has 0 aliphatic heterocycles. The van der Waals surface area contributed by atoms with E-state index in [0.29, 0.717) is 5.56 Å². The van der Waals surface area contributed by atoms with Crippen LogP contribution in [0.5, 0.6) is 0 Å². The van der Waals surface area contributed by atoms with Gasteiger partial charge < -0.3 is 14.6 Å². The highest BCUT2D eigenvalue weighted by molar-refractivity contribution is 7.18. The van der Waals surface area contributed by atoms with Crippen molar-refractivity contribution in [3.8, 4) is 0 Å². The van der Waals surface area contributed by atoms with Gasteiger partial charge in [0.25, 0.3) is 0 Å². The number of carboxylic acid groups (broad SMARTS) is 1. The molecule has 122 valence electrons. The fourth-order valence-corrected chi connectivity index (χ4v) is 2.51. The molecule has 1 rings (SSSR count). The van der Waals surface area contributed by atoms with Crippen LogP contribution in [0.25, 0.3) is 0 Å². The third-order valence-corrected chi connectivity index (χ3v) is 3.48. The van der Waals surface area contributed by atoms with Gasteiger partial charge in [-0.3, -0.25) is 0 Å². The number of nitrogens with one attached hydrogen (secondary N) is 1. The molecule has 2 N–H and O–H groups in total. The zero-order chi connectivity index (χ0) is 17.1. The molecule has 0 fully saturated rings. The second kappa shape index (κ2) is 6.65. The minimum absolute atomic E-state index is 0.203. The van der Waals surface area contributed by atoms with Gasteiger partial charge in [0.1, 0.15) is 15.5 Å². The molecule has 22 heavy (non-hydrogen) atoms. The lowest BCUT2D eigenvalue weighted by Gasteiger charge is -2.25. The predicted molar refractivity (Wildman–Crippen MR) is 80.3 cm³/mol. The van der Waals surface area contributed by atoms with Crippen molar-refractivity contribution in [3.63, 3.8) is 0 Å². The number of hydrogen-bond acceptors (Lipinski definition) is 6. The first-order valence-corrected chi connectivity index (χ1v) is 7.08. The first-order chi connectivity index (χ1) is 10.0. The molecule has 0 saturated carbocycles. The molecule has 0 aromatic carbocycles. The third kappa shape index (κ3) is 4.62. The monoisotopic (exact) mass is 330 g/mol. The number of methoxy groups -OCH3 is 1. The van der Waals surface area contributed by atoms with Crippen molar-refractivity contribution in [3.05, 3.63) is 16.5 Å². The number of aryl methyl sites for hydroxylation is 1. The number of thiophene rings is 1. The standard InChI is InChI=1S/C13H18N2O6S/c1-7-6-8(22-9(7)10(16)20-5)15(14-11(17)18)12(19)21-13(2,3)4/h6,14H,1-5H3,(H,17,18). The molecule has 8 nitrogen and oxygen atoms in total. The molecule has 0 aliphatic carbocycles. The quantitative estimate of drug-likeness (QED) is 0.638. The van der Waals surface area contributed by atoms with Crippen molar-refractivity contribution in [2.45, 2.75) is 33.3 Å². The van der Waals surface area contributed by atoms with Crippen LogP contribution in [0.4, 0.5) is 14.6 Å². The van der Waals surface area contributed by atoms with E-state index >= 15 is 0 Å². The van der Waals surface area contributed by atoms with Crippen LogP contribution < -0.4 is 10.4 Å². The SMILES string of the molecule is COC(=O)c1sc(N(NC(=O)O)C(=O)OC(C)(C)C)cc1C. The molecule has 0 bridgehead atoms. The zero-order valence-corrected chi connectivity index (χ0v) is 13.7. The Morgan fingerprint density at radius 3 is 2.36 bits per heavy atom. The number of esters is 1. The van der Waals surface area contributed by atoms with Gasteiger partial charge in [-0.1, -0.05) is 0 Å². The highest BCUT2D eigenvalue weighted by atomic mass is 32.1. The third-order valence-electron chi connectivity index (χ3n) is 2.28. The molecule has 0 radical (unpaired) electrons. The predicted octanol–water partition coefficient (Wildman–Crippen LogP) is 2.77. The maximum atomic E-state index is 12.1. The van der Waals surface area contributed by atoms with Gasteiger partial charge in [-0.25, -0.2) is 19.8 Å². The van der Waals surface area contributed by atoms with Crippen LogP contribution in [0, 0.1) is 6.92 Å². The maximum absolute atomic E-state index is 12.1. The minimum Gasteiger partial charge on any atom is -0.465 e. The first-order valence-electron chi connectivity index (χ1n) is 6.26. The molecule has 9 heteroatoms. The van der Waals surface area contributed by atoms with Crippen LogP contribution in [-0.4, -0.2) is 36.0 Å². The van der Waals surface area contributed by atoms with E-state index in [9.17, 15) is 14.4 Å². The number of anilines is 1. The van der Waals surface area contributed by atoms with Crippen molar-refractivity contribution in [2.24, 2.45) is 0 Å². The van der Waals surface area contributed by atoms with Crippen LogP contribution in [0.1, 0.15) is 36.0 Å². The topological polar surface area (TPSA) is 105 Å². The largest absolute Gasteiger partial charge is 0.465 e. The summed E-state index contributed by atoms with van der Waals surface area (Å²) in [4.78, 5) is 34.9. The second-order valence-corrected chi connectivity index (χ2v) is 6.35. The molecule has 0 spiro atoms. The van der Waals surface area contributed by atoms with E-state index in [1.54, 1.807) is 27.7 Å². The van der Waals surface area contributed by atoms with Crippen LogP contribution >= 0.6 is 11.3 Å². The Morgan fingerprint density at radius 2 is 1.91 bits per heavy atom. The number of ether oxygens (including phenoxy) is 2. The molecule has 2 amide bonds. The number of hydrazine groups is 1. The smallest absolute Gasteiger partial charge is 0.434 e. The summed E-state index contributed by atoms with van der Waals surface area (Å²) < 4.78 is 9.78. The van der Waals surface area contributed by atoms with Gasteiger partial charge in [0.05, 0.1) is 7.11 Å². The van der Waals surface area contributed by atoms with Crippen LogP contribution in [-0.2, 0) is 9.47 Å². The van der Waals surface area contributed by atoms with E-state index < -0.39 is 23.8 Å². The van der Waals surface area contributed by atoms with Gasteiger partial charge in [0.15, 0.2) is 0 Å². The Balaban J connectivity index is 3.15. The average Bonchev–Trinajstić information content (AvgIpc) is 2.74. The van der Waals surface area contributed by atoms with E-state index in [1.807, 2.05) is 5.43 Å². The van der Waals surface area contributed by atoms with Crippen molar-refractivity contribution >= 4 is 34.5 Å². The fourth-order valence-electron chi connectivity index (χ4n) is 1.46. The number of rotatable bonds is 2. The lowest BCUT2D eigenvalue weighted by Crippen LogP contribution is -2.47. The summed E-state index contributed by atoms with van der Waals surface area (Å²) in [5.74, 6) is -0.562. The number of amides is 2. The average molecular weight is 330 g/mol.